The maximum Gasteiger partial charge on any atom is 0.224 e. The largest absolute Gasteiger partial charge is 0.357 e. The summed E-state index contributed by atoms with van der Waals surface area (Å²) in [5.41, 5.74) is 0. The Balaban J connectivity index is 2.94. The zero-order chi connectivity index (χ0) is 12.0. The molecule has 6 heteroatoms. The Morgan fingerprint density at radius 1 is 1.62 bits per heavy atom. The number of nitrogens with one attached hydrogen (secondary N) is 1. The maximum absolute atomic E-state index is 8.57. The number of rotatable bonds is 5. The van der Waals surface area contributed by atoms with Crippen LogP contribution in [0.2, 0.25) is 5.02 Å². The monoisotopic (exact) mass is 239 g/mol. The molecular formula is C10H14ClN5. The first-order valence-corrected chi connectivity index (χ1v) is 5.42. The molecule has 5 nitrogen and oxygen atoms in total. The van der Waals surface area contributed by atoms with Crippen molar-refractivity contribution in [3.63, 3.8) is 0 Å². The van der Waals surface area contributed by atoms with Gasteiger partial charge in [-0.2, -0.15) is 10.2 Å². The van der Waals surface area contributed by atoms with Gasteiger partial charge in [-0.25, -0.2) is 4.98 Å². The molecule has 0 aliphatic heterocycles. The van der Waals surface area contributed by atoms with Crippen molar-refractivity contribution in [2.24, 2.45) is 0 Å². The van der Waals surface area contributed by atoms with Crippen LogP contribution in [0.5, 0.6) is 0 Å². The van der Waals surface area contributed by atoms with E-state index in [1.165, 1.54) is 0 Å². The first kappa shape index (κ1) is 12.5. The molecule has 0 bridgehead atoms. The van der Waals surface area contributed by atoms with Crippen LogP contribution in [0.15, 0.2) is 6.20 Å². The van der Waals surface area contributed by atoms with Crippen LogP contribution in [0.25, 0.3) is 0 Å². The number of aromatic nitrogens is 2. The average Bonchev–Trinajstić information content (AvgIpc) is 2.32. The van der Waals surface area contributed by atoms with Crippen molar-refractivity contribution in [2.75, 3.05) is 30.4 Å². The van der Waals surface area contributed by atoms with E-state index in [1.54, 1.807) is 13.2 Å². The van der Waals surface area contributed by atoms with Crippen molar-refractivity contribution in [2.45, 2.75) is 13.3 Å². The van der Waals surface area contributed by atoms with Crippen LogP contribution in [0.3, 0.4) is 0 Å². The summed E-state index contributed by atoms with van der Waals surface area (Å²) in [6.07, 6.45) is 2.01. The fourth-order valence-corrected chi connectivity index (χ4v) is 1.51. The number of halogens is 1. The van der Waals surface area contributed by atoms with Crippen LogP contribution in [0.4, 0.5) is 11.8 Å². The molecule has 1 heterocycles. The van der Waals surface area contributed by atoms with Gasteiger partial charge in [0, 0.05) is 20.1 Å². The van der Waals surface area contributed by atoms with Crippen molar-refractivity contribution in [3.8, 4) is 6.07 Å². The predicted molar refractivity (Wildman–Crippen MR) is 64.7 cm³/mol. The minimum absolute atomic E-state index is 0.447. The minimum atomic E-state index is 0.447. The van der Waals surface area contributed by atoms with Crippen molar-refractivity contribution in [1.29, 1.82) is 5.26 Å². The van der Waals surface area contributed by atoms with Crippen molar-refractivity contribution < 1.29 is 0 Å². The van der Waals surface area contributed by atoms with Crippen molar-refractivity contribution >= 4 is 23.4 Å². The lowest BCUT2D eigenvalue weighted by Crippen LogP contribution is -2.25. The Morgan fingerprint density at radius 2 is 2.38 bits per heavy atom. The summed E-state index contributed by atoms with van der Waals surface area (Å²) in [6, 6.07) is 2.11. The highest BCUT2D eigenvalue weighted by molar-refractivity contribution is 6.32. The number of hydrogen-bond acceptors (Lipinski definition) is 5. The van der Waals surface area contributed by atoms with E-state index in [0.29, 0.717) is 29.8 Å². The van der Waals surface area contributed by atoms with Gasteiger partial charge in [0.25, 0.3) is 0 Å². The smallest absolute Gasteiger partial charge is 0.224 e. The first-order valence-electron chi connectivity index (χ1n) is 5.05. The highest BCUT2D eigenvalue weighted by Crippen LogP contribution is 2.23. The fraction of sp³-hybridized carbons (Fsp3) is 0.500. The molecule has 16 heavy (non-hydrogen) atoms. The summed E-state index contributed by atoms with van der Waals surface area (Å²) < 4.78 is 0. The number of nitrogens with zero attached hydrogens (tertiary/aromatic N) is 4. The lowest BCUT2D eigenvalue weighted by Gasteiger charge is -2.21. The van der Waals surface area contributed by atoms with E-state index in [4.69, 9.17) is 16.9 Å². The molecule has 0 atom stereocenters. The number of anilines is 2. The van der Waals surface area contributed by atoms with Crippen LogP contribution in [0.1, 0.15) is 13.3 Å². The van der Waals surface area contributed by atoms with Crippen LogP contribution in [0, 0.1) is 11.3 Å². The Labute approximate surface area is 100 Å². The molecule has 1 aromatic heterocycles. The molecule has 0 aliphatic carbocycles. The van der Waals surface area contributed by atoms with Crippen LogP contribution in [-0.2, 0) is 0 Å². The molecule has 0 aliphatic rings. The Hall–Kier alpha value is -1.54. The lowest BCUT2D eigenvalue weighted by molar-refractivity contribution is 0.808. The molecule has 86 valence electrons. The zero-order valence-corrected chi connectivity index (χ0v) is 10.1. The summed E-state index contributed by atoms with van der Waals surface area (Å²) in [5.74, 6) is 1.19. The summed E-state index contributed by atoms with van der Waals surface area (Å²) >= 11 is 6.03. The third-order valence-corrected chi connectivity index (χ3v) is 2.39. The molecule has 0 radical (unpaired) electrons. The number of hydrogen-bond donors (Lipinski definition) is 1. The van der Waals surface area contributed by atoms with E-state index in [9.17, 15) is 0 Å². The van der Waals surface area contributed by atoms with Crippen molar-refractivity contribution in [3.05, 3.63) is 11.2 Å². The second kappa shape index (κ2) is 6.13. The quantitative estimate of drug-likeness (QED) is 0.850. The van der Waals surface area contributed by atoms with E-state index in [-0.39, 0.29) is 0 Å². The summed E-state index contributed by atoms with van der Waals surface area (Å²) in [4.78, 5) is 10.2. The van der Waals surface area contributed by atoms with Gasteiger partial charge >= 0.3 is 0 Å². The molecule has 0 spiro atoms. The predicted octanol–water partition coefficient (Wildman–Crippen LogP) is 1.91. The third kappa shape index (κ3) is 2.97. The van der Waals surface area contributed by atoms with E-state index >= 15 is 0 Å². The highest BCUT2D eigenvalue weighted by atomic mass is 35.5. The normalized spacial score (nSPS) is 9.62. The Bertz CT molecular complexity index is 387. The van der Waals surface area contributed by atoms with Crippen LogP contribution < -0.4 is 10.2 Å². The van der Waals surface area contributed by atoms with Gasteiger partial charge in [-0.05, 0) is 6.92 Å². The van der Waals surface area contributed by atoms with Gasteiger partial charge in [-0.3, -0.25) is 0 Å². The molecule has 0 saturated heterocycles. The molecule has 0 saturated carbocycles. The molecule has 0 aromatic carbocycles. The standard InChI is InChI=1S/C10H14ClN5/c1-3-16(6-4-5-12)9-8(11)7-14-10(13-2)15-9/h7H,3-4,6H2,1-2H3,(H,13,14,15). The first-order chi connectivity index (χ1) is 7.72. The Kier molecular flexibility index (Phi) is 4.80. The second-order valence-electron chi connectivity index (χ2n) is 3.10. The minimum Gasteiger partial charge on any atom is -0.357 e. The summed E-state index contributed by atoms with van der Waals surface area (Å²) in [7, 11) is 1.75. The summed E-state index contributed by atoms with van der Waals surface area (Å²) in [6.45, 7) is 3.36. The molecule has 1 N–H and O–H groups in total. The molecular weight excluding hydrogens is 226 g/mol. The van der Waals surface area contributed by atoms with Gasteiger partial charge in [-0.1, -0.05) is 11.6 Å². The van der Waals surface area contributed by atoms with Gasteiger partial charge in [0.1, 0.15) is 5.02 Å². The van der Waals surface area contributed by atoms with Gasteiger partial charge in [0.15, 0.2) is 5.82 Å². The Morgan fingerprint density at radius 3 is 2.94 bits per heavy atom. The average molecular weight is 240 g/mol. The van der Waals surface area contributed by atoms with Crippen LogP contribution >= 0.6 is 11.6 Å². The second-order valence-corrected chi connectivity index (χ2v) is 3.51. The highest BCUT2D eigenvalue weighted by Gasteiger charge is 2.11. The fourth-order valence-electron chi connectivity index (χ4n) is 1.30. The molecule has 0 unspecified atom stereocenters. The van der Waals surface area contributed by atoms with Gasteiger partial charge in [0.2, 0.25) is 5.95 Å². The van der Waals surface area contributed by atoms with E-state index in [2.05, 4.69) is 21.4 Å². The SMILES string of the molecule is CCN(CCC#N)c1nc(NC)ncc1Cl. The third-order valence-electron chi connectivity index (χ3n) is 2.12. The van der Waals surface area contributed by atoms with Gasteiger partial charge < -0.3 is 10.2 Å². The molecule has 1 rings (SSSR count). The van der Waals surface area contributed by atoms with E-state index in [0.717, 1.165) is 6.54 Å². The lowest BCUT2D eigenvalue weighted by atomic mass is 10.4. The maximum atomic E-state index is 8.57. The van der Waals surface area contributed by atoms with E-state index in [1.807, 2.05) is 11.8 Å². The van der Waals surface area contributed by atoms with Crippen LogP contribution in [-0.4, -0.2) is 30.1 Å². The summed E-state index contributed by atoms with van der Waals surface area (Å²) in [5, 5.41) is 11.9. The van der Waals surface area contributed by atoms with E-state index < -0.39 is 0 Å². The topological polar surface area (TPSA) is 64.8 Å². The molecule has 0 amide bonds. The zero-order valence-electron chi connectivity index (χ0n) is 9.37. The number of nitriles is 1. The molecule has 0 fully saturated rings. The van der Waals surface area contributed by atoms with Gasteiger partial charge in [-0.15, -0.1) is 0 Å². The van der Waals surface area contributed by atoms with Gasteiger partial charge in [0.05, 0.1) is 18.7 Å². The molecule has 1 aromatic rings. The van der Waals surface area contributed by atoms with Crippen molar-refractivity contribution in [1.82, 2.24) is 9.97 Å².